The Morgan fingerprint density at radius 2 is 1.82 bits per heavy atom. The number of halogens is 1. The van der Waals surface area contributed by atoms with Gasteiger partial charge in [0.15, 0.2) is 5.82 Å². The maximum absolute atomic E-state index is 14.6. The number of carbonyl (C=O) groups excluding carboxylic acids is 1. The number of hydrogen-bond donors (Lipinski definition) is 1. The zero-order valence-corrected chi connectivity index (χ0v) is 22.8. The van der Waals surface area contributed by atoms with Crippen LogP contribution in [0.4, 0.5) is 15.0 Å². The number of hydrogen-bond acceptors (Lipinski definition) is 7. The van der Waals surface area contributed by atoms with Crippen LogP contribution in [-0.4, -0.2) is 49.9 Å². The SMILES string of the molecule is CN(C(=O)OC(C)(C)C)c1nc2[nH]c(-c3cc(F)cc(CN=C([O-])OC(C)(C)C)c3)cc2c2c1ncn2C. The maximum atomic E-state index is 14.6. The molecule has 38 heavy (non-hydrogen) atoms. The largest absolute Gasteiger partial charge is 0.595 e. The number of nitrogens with zero attached hydrogens (tertiary/aromatic N) is 5. The van der Waals surface area contributed by atoms with Crippen LogP contribution in [0.1, 0.15) is 47.1 Å². The van der Waals surface area contributed by atoms with E-state index >= 15 is 0 Å². The summed E-state index contributed by atoms with van der Waals surface area (Å²) in [5.74, 6) is -0.147. The van der Waals surface area contributed by atoms with E-state index in [-0.39, 0.29) is 6.54 Å². The van der Waals surface area contributed by atoms with Crippen LogP contribution in [0.25, 0.3) is 33.3 Å². The molecule has 1 N–H and O–H groups in total. The number of benzene rings is 1. The van der Waals surface area contributed by atoms with E-state index < -0.39 is 29.2 Å². The van der Waals surface area contributed by atoms with Crippen LogP contribution in [-0.2, 0) is 23.1 Å². The lowest BCUT2D eigenvalue weighted by Gasteiger charge is -2.29. The number of aromatic nitrogens is 4. The number of ether oxygens (including phenoxy) is 2. The molecule has 1 amide bonds. The van der Waals surface area contributed by atoms with Crippen molar-refractivity contribution < 1.29 is 23.8 Å². The molecular formula is C27H32FN6O4-. The zero-order valence-electron chi connectivity index (χ0n) is 22.8. The average molecular weight is 524 g/mol. The van der Waals surface area contributed by atoms with Gasteiger partial charge >= 0.3 is 6.09 Å². The first-order valence-electron chi connectivity index (χ1n) is 12.1. The van der Waals surface area contributed by atoms with E-state index in [1.807, 2.05) is 17.7 Å². The molecule has 0 saturated carbocycles. The molecule has 3 aromatic heterocycles. The summed E-state index contributed by atoms with van der Waals surface area (Å²) in [4.78, 5) is 30.4. The number of amides is 1. The Balaban J connectivity index is 1.75. The predicted octanol–water partition coefficient (Wildman–Crippen LogP) is 4.66. The third kappa shape index (κ3) is 5.87. The Labute approximate surface area is 220 Å². The molecule has 4 rings (SSSR count). The summed E-state index contributed by atoms with van der Waals surface area (Å²) in [5.41, 5.74) is 2.08. The van der Waals surface area contributed by atoms with Gasteiger partial charge in [-0.25, -0.2) is 19.2 Å². The first-order valence-corrected chi connectivity index (χ1v) is 12.1. The quantitative estimate of drug-likeness (QED) is 0.307. The van der Waals surface area contributed by atoms with Crippen molar-refractivity contribution in [2.75, 3.05) is 11.9 Å². The van der Waals surface area contributed by atoms with Gasteiger partial charge in [0.2, 0.25) is 0 Å². The number of aromatic amines is 1. The van der Waals surface area contributed by atoms with E-state index in [0.717, 1.165) is 10.9 Å². The van der Waals surface area contributed by atoms with E-state index in [1.165, 1.54) is 17.0 Å². The van der Waals surface area contributed by atoms with Crippen molar-refractivity contribution in [1.82, 2.24) is 19.5 Å². The molecule has 3 heterocycles. The van der Waals surface area contributed by atoms with Crippen LogP contribution < -0.4 is 10.0 Å². The van der Waals surface area contributed by atoms with Gasteiger partial charge in [-0.05, 0) is 50.6 Å². The molecule has 0 atom stereocenters. The van der Waals surface area contributed by atoms with Crippen LogP contribution in [0.2, 0.25) is 0 Å². The van der Waals surface area contributed by atoms with Crippen molar-refractivity contribution in [3.05, 3.63) is 42.0 Å². The summed E-state index contributed by atoms with van der Waals surface area (Å²) in [5, 5.41) is 12.7. The van der Waals surface area contributed by atoms with Crippen molar-refractivity contribution in [2.45, 2.75) is 59.3 Å². The van der Waals surface area contributed by atoms with E-state index in [9.17, 15) is 14.3 Å². The van der Waals surface area contributed by atoms with Gasteiger partial charge in [-0.3, -0.25) is 9.89 Å². The summed E-state index contributed by atoms with van der Waals surface area (Å²) >= 11 is 0. The molecule has 1 aromatic carbocycles. The van der Waals surface area contributed by atoms with Gasteiger partial charge in [-0.1, -0.05) is 20.8 Å². The number of nitrogens with one attached hydrogen (secondary N) is 1. The average Bonchev–Trinajstić information content (AvgIpc) is 3.37. The summed E-state index contributed by atoms with van der Waals surface area (Å²) in [6.07, 6.45) is 0.369. The molecule has 0 aliphatic heterocycles. The highest BCUT2D eigenvalue weighted by molar-refractivity contribution is 6.09. The predicted molar refractivity (Wildman–Crippen MR) is 142 cm³/mol. The van der Waals surface area contributed by atoms with Crippen LogP contribution >= 0.6 is 0 Å². The molecule has 202 valence electrons. The molecule has 0 aliphatic rings. The number of aliphatic imine (C=N–C) groups is 1. The van der Waals surface area contributed by atoms with E-state index in [0.29, 0.717) is 33.8 Å². The first-order chi connectivity index (χ1) is 17.6. The minimum Gasteiger partial charge on any atom is -0.595 e. The Bertz CT molecular complexity index is 1540. The molecule has 11 heteroatoms. The zero-order chi connectivity index (χ0) is 28.0. The number of imidazole rings is 1. The van der Waals surface area contributed by atoms with E-state index in [1.54, 1.807) is 61.0 Å². The molecule has 0 spiro atoms. The third-order valence-electron chi connectivity index (χ3n) is 5.46. The van der Waals surface area contributed by atoms with Crippen molar-refractivity contribution >= 4 is 40.1 Å². The molecule has 0 bridgehead atoms. The number of aryl methyl sites for hydroxylation is 1. The van der Waals surface area contributed by atoms with Crippen molar-refractivity contribution in [1.29, 1.82) is 0 Å². The fourth-order valence-electron chi connectivity index (χ4n) is 3.94. The second-order valence-electron chi connectivity index (χ2n) is 11.1. The molecule has 0 saturated heterocycles. The van der Waals surface area contributed by atoms with Crippen LogP contribution in [0, 0.1) is 5.82 Å². The Morgan fingerprint density at radius 3 is 2.47 bits per heavy atom. The Hall–Kier alpha value is -4.15. The first kappa shape index (κ1) is 26.9. The summed E-state index contributed by atoms with van der Waals surface area (Å²) in [6.45, 7) is 10.6. The minimum absolute atomic E-state index is 0.0328. The van der Waals surface area contributed by atoms with Crippen LogP contribution in [0.15, 0.2) is 35.6 Å². The highest BCUT2D eigenvalue weighted by Gasteiger charge is 2.25. The van der Waals surface area contributed by atoms with E-state index in [2.05, 4.69) is 19.9 Å². The fraction of sp³-hybridized carbons (Fsp3) is 0.407. The van der Waals surface area contributed by atoms with Crippen LogP contribution in [0.5, 0.6) is 0 Å². The lowest BCUT2D eigenvalue weighted by Crippen LogP contribution is -2.34. The lowest BCUT2D eigenvalue weighted by molar-refractivity contribution is -0.260. The Kier molecular flexibility index (Phi) is 6.81. The number of carbonyl (C=O) groups is 1. The topological polar surface area (TPSA) is 121 Å². The van der Waals surface area contributed by atoms with Gasteiger partial charge in [0.05, 0.1) is 18.4 Å². The van der Waals surface area contributed by atoms with Crippen molar-refractivity contribution in [3.8, 4) is 11.3 Å². The summed E-state index contributed by atoms with van der Waals surface area (Å²) in [7, 11) is 3.42. The standard InChI is InChI=1S/C27H33FN6O4/c1-26(2,3)37-24(35)29-13-15-9-16(11-17(28)10-15)19-12-18-21-20(30-14-33(21)7)23(32-22(18)31-19)34(8)25(36)38-27(4,5)6/h9-12,14H,13H2,1-8H3,(H,29,35)(H,31,32)/p-1. The molecule has 10 nitrogen and oxygen atoms in total. The molecular weight excluding hydrogens is 491 g/mol. The maximum Gasteiger partial charge on any atom is 0.415 e. The number of rotatable bonds is 4. The van der Waals surface area contributed by atoms with Gasteiger partial charge < -0.3 is 24.1 Å². The molecule has 0 fully saturated rings. The smallest absolute Gasteiger partial charge is 0.415 e. The van der Waals surface area contributed by atoms with Gasteiger partial charge in [0.1, 0.15) is 28.7 Å². The minimum atomic E-state index is -0.710. The van der Waals surface area contributed by atoms with Crippen molar-refractivity contribution in [3.63, 3.8) is 0 Å². The Morgan fingerprint density at radius 1 is 1.13 bits per heavy atom. The summed E-state index contributed by atoms with van der Waals surface area (Å²) in [6, 6.07) is 6.31. The number of anilines is 1. The normalized spacial score (nSPS) is 12.8. The summed E-state index contributed by atoms with van der Waals surface area (Å²) < 4.78 is 27.1. The number of pyridine rings is 1. The lowest BCUT2D eigenvalue weighted by atomic mass is 10.1. The second kappa shape index (κ2) is 9.62. The fourth-order valence-corrected chi connectivity index (χ4v) is 3.94. The second-order valence-corrected chi connectivity index (χ2v) is 11.1. The van der Waals surface area contributed by atoms with Gasteiger partial charge in [0.25, 0.3) is 0 Å². The van der Waals surface area contributed by atoms with Gasteiger partial charge in [-0.2, -0.15) is 0 Å². The van der Waals surface area contributed by atoms with E-state index in [4.69, 9.17) is 9.47 Å². The number of H-pyrrole nitrogens is 1. The monoisotopic (exact) mass is 523 g/mol. The number of fused-ring (bicyclic) bond motifs is 3. The molecule has 4 aromatic rings. The van der Waals surface area contributed by atoms with Crippen LogP contribution in [0.3, 0.4) is 0 Å². The third-order valence-corrected chi connectivity index (χ3v) is 5.46. The highest BCUT2D eigenvalue weighted by Crippen LogP contribution is 2.34. The molecule has 0 radical (unpaired) electrons. The van der Waals surface area contributed by atoms with Gasteiger partial charge in [-0.15, -0.1) is 0 Å². The molecule has 0 aliphatic carbocycles. The van der Waals surface area contributed by atoms with Crippen molar-refractivity contribution in [2.24, 2.45) is 12.0 Å². The highest BCUT2D eigenvalue weighted by atomic mass is 19.1. The molecule has 0 unspecified atom stereocenters. The van der Waals surface area contributed by atoms with Gasteiger partial charge in [0, 0.05) is 36.3 Å².